The van der Waals surface area contributed by atoms with Crippen LogP contribution in [0.2, 0.25) is 5.15 Å². The van der Waals surface area contributed by atoms with Gasteiger partial charge in [-0.25, -0.2) is 18.9 Å². The third-order valence-corrected chi connectivity index (χ3v) is 9.18. The molecule has 0 saturated heterocycles. The number of nitrogens with one attached hydrogen (secondary N) is 1. The van der Waals surface area contributed by atoms with Crippen LogP contribution in [0.15, 0.2) is 60.7 Å². The van der Waals surface area contributed by atoms with Gasteiger partial charge in [-0.2, -0.15) is 5.10 Å². The number of hydrogen-bond donors (Lipinski definition) is 1. The van der Waals surface area contributed by atoms with Gasteiger partial charge in [-0.15, -0.1) is 0 Å². The Hall–Kier alpha value is -4.59. The fourth-order valence-electron chi connectivity index (χ4n) is 5.61. The number of nitrogens with zero attached hydrogens (tertiary/aromatic N) is 5. The molecule has 1 unspecified atom stereocenters. The third kappa shape index (κ3) is 6.98. The SMILES string of the molecule is Cc1nn2c3c(nc2s1)CCN(C(=O)COc1ccc(C(=O)NC2CC2)nc1Cl)C3c1ccc(OCCOCc2ccccc2)cc1F. The first-order valence-corrected chi connectivity index (χ1v) is 16.8. The lowest BCUT2D eigenvalue weighted by atomic mass is 9.95. The molecule has 4 heterocycles. The van der Waals surface area contributed by atoms with Gasteiger partial charge in [0.25, 0.3) is 11.8 Å². The van der Waals surface area contributed by atoms with E-state index in [1.54, 1.807) is 21.5 Å². The predicted molar refractivity (Wildman–Crippen MR) is 176 cm³/mol. The van der Waals surface area contributed by atoms with Crippen LogP contribution >= 0.6 is 22.9 Å². The molecule has 1 saturated carbocycles. The highest BCUT2D eigenvalue weighted by atomic mass is 35.5. The molecule has 5 aromatic rings. The summed E-state index contributed by atoms with van der Waals surface area (Å²) in [5.41, 5.74) is 2.88. The molecule has 3 aromatic heterocycles. The van der Waals surface area contributed by atoms with Crippen LogP contribution in [0, 0.1) is 12.7 Å². The molecular weight excluding hydrogens is 659 g/mol. The summed E-state index contributed by atoms with van der Waals surface area (Å²) < 4.78 is 34.9. The van der Waals surface area contributed by atoms with Crippen LogP contribution in [0.3, 0.4) is 0 Å². The van der Waals surface area contributed by atoms with E-state index in [1.807, 2.05) is 37.3 Å². The first kappa shape index (κ1) is 32.0. The topological polar surface area (TPSA) is 120 Å². The number of hydrogen-bond acceptors (Lipinski definition) is 9. The van der Waals surface area contributed by atoms with Crippen molar-refractivity contribution in [3.63, 3.8) is 0 Å². The highest BCUT2D eigenvalue weighted by Gasteiger charge is 2.38. The smallest absolute Gasteiger partial charge is 0.270 e. The zero-order chi connectivity index (χ0) is 33.2. The molecule has 1 aliphatic carbocycles. The number of rotatable bonds is 12. The van der Waals surface area contributed by atoms with Gasteiger partial charge in [0.2, 0.25) is 4.96 Å². The lowest BCUT2D eigenvalue weighted by Crippen LogP contribution is -2.43. The molecule has 2 amide bonds. The molecule has 1 aliphatic heterocycles. The van der Waals surface area contributed by atoms with Crippen molar-refractivity contribution >= 4 is 39.7 Å². The van der Waals surface area contributed by atoms with Crippen molar-refractivity contribution in [2.75, 3.05) is 26.4 Å². The quantitative estimate of drug-likeness (QED) is 0.138. The lowest BCUT2D eigenvalue weighted by molar-refractivity contribution is -0.135. The number of carbonyl (C=O) groups is 2. The van der Waals surface area contributed by atoms with Gasteiger partial charge in [-0.05, 0) is 49.6 Å². The van der Waals surface area contributed by atoms with Gasteiger partial charge in [0, 0.05) is 30.6 Å². The number of carbonyl (C=O) groups excluding carboxylic acids is 2. The van der Waals surface area contributed by atoms with Gasteiger partial charge in [-0.3, -0.25) is 9.59 Å². The Balaban J connectivity index is 1.07. The predicted octanol–water partition coefficient (Wildman–Crippen LogP) is 5.33. The van der Waals surface area contributed by atoms with Crippen LogP contribution in [0.25, 0.3) is 4.96 Å². The Bertz CT molecular complexity index is 1970. The number of aromatic nitrogens is 4. The Morgan fingerprint density at radius 3 is 2.67 bits per heavy atom. The van der Waals surface area contributed by atoms with E-state index in [0.29, 0.717) is 36.0 Å². The maximum atomic E-state index is 16.0. The van der Waals surface area contributed by atoms with E-state index < -0.39 is 17.8 Å². The molecule has 0 bridgehead atoms. The van der Waals surface area contributed by atoms with Gasteiger partial charge >= 0.3 is 0 Å². The normalized spacial score (nSPS) is 15.7. The maximum Gasteiger partial charge on any atom is 0.270 e. The second kappa shape index (κ2) is 13.9. The summed E-state index contributed by atoms with van der Waals surface area (Å²) in [6.45, 7) is 2.80. The Morgan fingerprint density at radius 1 is 1.06 bits per heavy atom. The van der Waals surface area contributed by atoms with Crippen LogP contribution in [0.4, 0.5) is 4.39 Å². The third-order valence-electron chi connectivity index (χ3n) is 8.08. The van der Waals surface area contributed by atoms with E-state index in [2.05, 4.69) is 15.4 Å². The highest BCUT2D eigenvalue weighted by molar-refractivity contribution is 7.16. The second-order valence-electron chi connectivity index (χ2n) is 11.6. The summed E-state index contributed by atoms with van der Waals surface area (Å²) in [6, 6.07) is 16.8. The minimum atomic E-state index is -0.827. The monoisotopic (exact) mass is 690 g/mol. The molecule has 2 aliphatic rings. The van der Waals surface area contributed by atoms with Gasteiger partial charge in [-0.1, -0.05) is 53.3 Å². The summed E-state index contributed by atoms with van der Waals surface area (Å²) >= 11 is 7.75. The number of ether oxygens (including phenoxy) is 3. The van der Waals surface area contributed by atoms with Gasteiger partial charge in [0.15, 0.2) is 17.5 Å². The van der Waals surface area contributed by atoms with E-state index in [1.165, 1.54) is 29.5 Å². The zero-order valence-electron chi connectivity index (χ0n) is 26.0. The first-order chi connectivity index (χ1) is 23.3. The Morgan fingerprint density at radius 2 is 1.90 bits per heavy atom. The minimum absolute atomic E-state index is 0.0359. The van der Waals surface area contributed by atoms with Crippen molar-refractivity contribution in [3.05, 3.63) is 105 Å². The molecule has 0 radical (unpaired) electrons. The summed E-state index contributed by atoms with van der Waals surface area (Å²) in [5.74, 6) is -0.744. The summed E-state index contributed by atoms with van der Waals surface area (Å²) in [5, 5.41) is 8.23. The largest absolute Gasteiger partial charge is 0.491 e. The van der Waals surface area contributed by atoms with E-state index in [9.17, 15) is 9.59 Å². The molecular formula is C34H32ClFN6O5S. The highest BCUT2D eigenvalue weighted by Crippen LogP contribution is 2.38. The van der Waals surface area contributed by atoms with E-state index in [4.69, 9.17) is 30.8 Å². The van der Waals surface area contributed by atoms with Crippen molar-refractivity contribution in [1.29, 1.82) is 0 Å². The molecule has 0 spiro atoms. The van der Waals surface area contributed by atoms with Crippen LogP contribution in [-0.2, 0) is 22.6 Å². The second-order valence-corrected chi connectivity index (χ2v) is 13.1. The van der Waals surface area contributed by atoms with E-state index >= 15 is 4.39 Å². The van der Waals surface area contributed by atoms with E-state index in [-0.39, 0.29) is 53.9 Å². The molecule has 11 nitrogen and oxygen atoms in total. The number of pyridine rings is 1. The van der Waals surface area contributed by atoms with Crippen molar-refractivity contribution < 1.29 is 28.2 Å². The fraction of sp³-hybridized carbons (Fsp3) is 0.324. The molecule has 14 heteroatoms. The molecule has 2 aromatic carbocycles. The molecule has 1 fully saturated rings. The number of benzene rings is 2. The average molecular weight is 691 g/mol. The van der Waals surface area contributed by atoms with E-state index in [0.717, 1.165) is 29.1 Å². The molecule has 7 rings (SSSR count). The minimum Gasteiger partial charge on any atom is -0.491 e. The van der Waals surface area contributed by atoms with Crippen LogP contribution in [-0.4, -0.2) is 68.7 Å². The Labute approximate surface area is 284 Å². The molecule has 1 N–H and O–H groups in total. The first-order valence-electron chi connectivity index (χ1n) is 15.6. The Kier molecular flexibility index (Phi) is 9.24. The van der Waals surface area contributed by atoms with Crippen molar-refractivity contribution in [3.8, 4) is 11.5 Å². The van der Waals surface area contributed by atoms with Crippen LogP contribution in [0.5, 0.6) is 11.5 Å². The van der Waals surface area contributed by atoms with Crippen LogP contribution < -0.4 is 14.8 Å². The van der Waals surface area contributed by atoms with Gasteiger partial charge in [0.1, 0.15) is 34.9 Å². The molecule has 1 atom stereocenters. The number of imidazole rings is 1. The van der Waals surface area contributed by atoms with Crippen LogP contribution in [0.1, 0.15) is 56.9 Å². The summed E-state index contributed by atoms with van der Waals surface area (Å²) in [7, 11) is 0. The standard InChI is InChI=1S/C34H32ClFN6O5S/c1-20-40-42-31-26(39-34(42)48-20)13-14-41(29(43)19-47-28-12-11-27(38-32(28)35)33(44)37-22-7-8-22)30(31)24-10-9-23(17-25(24)36)46-16-15-45-18-21-5-3-2-4-6-21/h2-6,9-12,17,22,30H,7-8,13-16,18-19H2,1H3,(H,37,44). The maximum absolute atomic E-state index is 16.0. The van der Waals surface area contributed by atoms with Crippen molar-refractivity contribution in [2.24, 2.45) is 0 Å². The zero-order valence-corrected chi connectivity index (χ0v) is 27.6. The van der Waals surface area contributed by atoms with Crippen molar-refractivity contribution in [1.82, 2.24) is 29.8 Å². The number of amides is 2. The number of halogens is 2. The average Bonchev–Trinajstić information content (AvgIpc) is 3.73. The van der Waals surface area contributed by atoms with Crippen molar-refractivity contribution in [2.45, 2.75) is 44.9 Å². The summed E-state index contributed by atoms with van der Waals surface area (Å²) in [4.78, 5) is 37.3. The molecule has 248 valence electrons. The summed E-state index contributed by atoms with van der Waals surface area (Å²) in [6.07, 6.45) is 2.36. The van der Waals surface area contributed by atoms with Gasteiger partial charge in [0.05, 0.1) is 24.6 Å². The number of aryl methyl sites for hydroxylation is 1. The molecule has 48 heavy (non-hydrogen) atoms. The number of fused-ring (bicyclic) bond motifs is 3. The van der Waals surface area contributed by atoms with Gasteiger partial charge < -0.3 is 24.4 Å². The lowest BCUT2D eigenvalue weighted by Gasteiger charge is -2.35. The fourth-order valence-corrected chi connectivity index (χ4v) is 6.59.